The molecule has 1 atom stereocenters. The molecule has 1 aliphatic rings. The Kier molecular flexibility index (Phi) is 3.18. The molecule has 0 radical (unpaired) electrons. The Hall–Kier alpha value is -1.18. The molecule has 1 unspecified atom stereocenters. The van der Waals surface area contributed by atoms with E-state index in [1.807, 2.05) is 0 Å². The maximum Gasteiger partial charge on any atom is 0.161 e. The van der Waals surface area contributed by atoms with E-state index < -0.39 is 0 Å². The van der Waals surface area contributed by atoms with Crippen LogP contribution < -0.4 is 0 Å². The van der Waals surface area contributed by atoms with Crippen LogP contribution in [0.3, 0.4) is 0 Å². The van der Waals surface area contributed by atoms with E-state index in [1.165, 1.54) is 0 Å². The molecule has 1 aliphatic heterocycles. The van der Waals surface area contributed by atoms with E-state index in [0.29, 0.717) is 24.0 Å². The molecule has 2 nitrogen and oxygen atoms in total. The van der Waals surface area contributed by atoms with E-state index >= 15 is 0 Å². The van der Waals surface area contributed by atoms with Crippen LogP contribution in [-0.2, 0) is 9.47 Å². The number of hydrogen-bond donors (Lipinski definition) is 0. The van der Waals surface area contributed by atoms with Crippen molar-refractivity contribution in [3.63, 3.8) is 0 Å². The largest absolute Gasteiger partial charge is 0.486 e. The van der Waals surface area contributed by atoms with E-state index in [2.05, 4.69) is 27.0 Å². The minimum absolute atomic E-state index is 0.122. The first-order valence-electron chi connectivity index (χ1n) is 4.47. The number of ether oxygens (including phenoxy) is 2. The van der Waals surface area contributed by atoms with Gasteiger partial charge in [0.05, 0.1) is 0 Å². The van der Waals surface area contributed by atoms with Gasteiger partial charge in [-0.05, 0) is 18.1 Å². The minimum Gasteiger partial charge on any atom is -0.486 e. The molecule has 0 saturated carbocycles. The molecule has 0 fully saturated rings. The van der Waals surface area contributed by atoms with Crippen molar-refractivity contribution >= 4 is 0 Å². The van der Waals surface area contributed by atoms with Gasteiger partial charge in [-0.3, -0.25) is 0 Å². The Bertz CT molecular complexity index is 238. The molecular formula is C11H16O2. The lowest BCUT2D eigenvalue weighted by Crippen LogP contribution is -2.29. The zero-order valence-electron chi connectivity index (χ0n) is 8.25. The summed E-state index contributed by atoms with van der Waals surface area (Å²) >= 11 is 0. The van der Waals surface area contributed by atoms with Crippen LogP contribution in [-0.4, -0.2) is 12.7 Å². The Labute approximate surface area is 79.5 Å². The SMILES string of the molecule is C=CC1=C(C=C)OC(C(C)C)CO1. The second-order valence-corrected chi connectivity index (χ2v) is 3.35. The topological polar surface area (TPSA) is 18.5 Å². The Morgan fingerprint density at radius 1 is 1.31 bits per heavy atom. The van der Waals surface area contributed by atoms with Gasteiger partial charge in [0.15, 0.2) is 11.5 Å². The fraction of sp³-hybridized carbons (Fsp3) is 0.455. The lowest BCUT2D eigenvalue weighted by Gasteiger charge is -2.28. The Morgan fingerprint density at radius 2 is 1.92 bits per heavy atom. The summed E-state index contributed by atoms with van der Waals surface area (Å²) in [5.41, 5.74) is 0. The van der Waals surface area contributed by atoms with Crippen LogP contribution in [0.5, 0.6) is 0 Å². The molecule has 0 spiro atoms. The molecular weight excluding hydrogens is 164 g/mol. The normalized spacial score (nSPS) is 22.2. The highest BCUT2D eigenvalue weighted by atomic mass is 16.6. The first-order chi connectivity index (χ1) is 6.19. The summed E-state index contributed by atoms with van der Waals surface area (Å²) in [4.78, 5) is 0. The summed E-state index contributed by atoms with van der Waals surface area (Å²) in [5.74, 6) is 1.83. The lowest BCUT2D eigenvalue weighted by atomic mass is 10.1. The number of allylic oxidation sites excluding steroid dienone is 2. The van der Waals surface area contributed by atoms with Gasteiger partial charge in [0.25, 0.3) is 0 Å². The summed E-state index contributed by atoms with van der Waals surface area (Å²) < 4.78 is 11.1. The van der Waals surface area contributed by atoms with Crippen LogP contribution >= 0.6 is 0 Å². The van der Waals surface area contributed by atoms with Crippen LogP contribution in [0.4, 0.5) is 0 Å². The van der Waals surface area contributed by atoms with E-state index in [1.54, 1.807) is 12.2 Å². The zero-order valence-corrected chi connectivity index (χ0v) is 8.25. The van der Waals surface area contributed by atoms with Crippen molar-refractivity contribution in [2.45, 2.75) is 20.0 Å². The highest BCUT2D eigenvalue weighted by Gasteiger charge is 2.22. The van der Waals surface area contributed by atoms with E-state index in [4.69, 9.17) is 9.47 Å². The second-order valence-electron chi connectivity index (χ2n) is 3.35. The van der Waals surface area contributed by atoms with Crippen LogP contribution in [0.15, 0.2) is 36.8 Å². The average molecular weight is 180 g/mol. The zero-order chi connectivity index (χ0) is 9.84. The van der Waals surface area contributed by atoms with Gasteiger partial charge in [0.2, 0.25) is 0 Å². The number of hydrogen-bond acceptors (Lipinski definition) is 2. The smallest absolute Gasteiger partial charge is 0.161 e. The quantitative estimate of drug-likeness (QED) is 0.664. The van der Waals surface area contributed by atoms with Gasteiger partial charge in [-0.15, -0.1) is 0 Å². The van der Waals surface area contributed by atoms with Crippen LogP contribution in [0, 0.1) is 5.92 Å². The molecule has 72 valence electrons. The van der Waals surface area contributed by atoms with Crippen molar-refractivity contribution in [1.82, 2.24) is 0 Å². The maximum atomic E-state index is 5.67. The standard InChI is InChI=1S/C11H16O2/c1-5-9-10(6-2)13-11(7-12-9)8(3)4/h5-6,8,11H,1-2,7H2,3-4H3. The van der Waals surface area contributed by atoms with Crippen molar-refractivity contribution in [3.05, 3.63) is 36.8 Å². The predicted octanol–water partition coefficient (Wildman–Crippen LogP) is 2.64. The fourth-order valence-electron chi connectivity index (χ4n) is 1.13. The Balaban J connectivity index is 2.77. The summed E-state index contributed by atoms with van der Waals surface area (Å²) in [5, 5.41) is 0. The highest BCUT2D eigenvalue weighted by Crippen LogP contribution is 2.22. The summed E-state index contributed by atoms with van der Waals surface area (Å²) in [6, 6.07) is 0. The van der Waals surface area contributed by atoms with Crippen molar-refractivity contribution in [3.8, 4) is 0 Å². The molecule has 0 bridgehead atoms. The molecule has 0 aliphatic carbocycles. The minimum atomic E-state index is 0.122. The highest BCUT2D eigenvalue weighted by molar-refractivity contribution is 5.23. The molecule has 1 rings (SSSR count). The summed E-state index contributed by atoms with van der Waals surface area (Å²) in [6.45, 7) is 12.1. The van der Waals surface area contributed by atoms with Crippen LogP contribution in [0.1, 0.15) is 13.8 Å². The maximum absolute atomic E-state index is 5.67. The molecule has 0 aromatic rings. The van der Waals surface area contributed by atoms with Crippen molar-refractivity contribution in [2.24, 2.45) is 5.92 Å². The molecule has 0 saturated heterocycles. The molecule has 0 aromatic heterocycles. The van der Waals surface area contributed by atoms with Gasteiger partial charge >= 0.3 is 0 Å². The first-order valence-corrected chi connectivity index (χ1v) is 4.47. The molecule has 0 aromatic carbocycles. The van der Waals surface area contributed by atoms with Gasteiger partial charge in [0.1, 0.15) is 12.7 Å². The lowest BCUT2D eigenvalue weighted by molar-refractivity contribution is -0.0165. The van der Waals surface area contributed by atoms with Gasteiger partial charge in [0, 0.05) is 0 Å². The molecule has 0 N–H and O–H groups in total. The predicted molar refractivity (Wildman–Crippen MR) is 53.1 cm³/mol. The summed E-state index contributed by atoms with van der Waals surface area (Å²) in [7, 11) is 0. The van der Waals surface area contributed by atoms with Gasteiger partial charge < -0.3 is 9.47 Å². The van der Waals surface area contributed by atoms with Crippen molar-refractivity contribution in [2.75, 3.05) is 6.61 Å². The molecule has 2 heteroatoms. The van der Waals surface area contributed by atoms with Gasteiger partial charge in [-0.1, -0.05) is 27.0 Å². The van der Waals surface area contributed by atoms with E-state index in [9.17, 15) is 0 Å². The fourth-order valence-corrected chi connectivity index (χ4v) is 1.13. The van der Waals surface area contributed by atoms with Crippen molar-refractivity contribution in [1.29, 1.82) is 0 Å². The third-order valence-electron chi connectivity index (χ3n) is 2.04. The number of rotatable bonds is 3. The first kappa shape index (κ1) is 9.90. The Morgan fingerprint density at radius 3 is 2.38 bits per heavy atom. The summed E-state index contributed by atoms with van der Waals surface area (Å²) in [6.07, 6.45) is 3.43. The van der Waals surface area contributed by atoms with E-state index in [0.717, 1.165) is 0 Å². The monoisotopic (exact) mass is 180 g/mol. The third kappa shape index (κ3) is 2.14. The van der Waals surface area contributed by atoms with Gasteiger partial charge in [-0.2, -0.15) is 0 Å². The van der Waals surface area contributed by atoms with Crippen molar-refractivity contribution < 1.29 is 9.47 Å². The molecule has 0 amide bonds. The molecule has 1 heterocycles. The average Bonchev–Trinajstić information content (AvgIpc) is 2.16. The van der Waals surface area contributed by atoms with E-state index in [-0.39, 0.29) is 6.10 Å². The van der Waals surface area contributed by atoms with Crippen LogP contribution in [0.2, 0.25) is 0 Å². The molecule has 13 heavy (non-hydrogen) atoms. The van der Waals surface area contributed by atoms with Gasteiger partial charge in [-0.25, -0.2) is 0 Å². The second kappa shape index (κ2) is 4.17. The van der Waals surface area contributed by atoms with Crippen LogP contribution in [0.25, 0.3) is 0 Å². The third-order valence-corrected chi connectivity index (χ3v) is 2.04.